The van der Waals surface area contributed by atoms with Crippen molar-refractivity contribution in [3.05, 3.63) is 35.9 Å². The maximum absolute atomic E-state index is 11.6. The van der Waals surface area contributed by atoms with Crippen LogP contribution in [-0.4, -0.2) is 18.1 Å². The molecule has 0 unspecified atom stereocenters. The summed E-state index contributed by atoms with van der Waals surface area (Å²) in [5.74, 6) is 0.0811. The zero-order valence-corrected chi connectivity index (χ0v) is 8.85. The number of benzene rings is 1. The molecule has 1 fully saturated rings. The van der Waals surface area contributed by atoms with Crippen molar-refractivity contribution >= 4 is 5.91 Å². The molecule has 80 valence electrons. The Balaban J connectivity index is 2.23. The molecule has 1 aromatic rings. The first-order chi connectivity index (χ1) is 7.33. The largest absolute Gasteiger partial charge is 0.274 e. The van der Waals surface area contributed by atoms with E-state index in [1.54, 1.807) is 7.11 Å². The second kappa shape index (κ2) is 4.45. The van der Waals surface area contributed by atoms with Crippen LogP contribution in [0.4, 0.5) is 0 Å². The molecular weight excluding hydrogens is 190 g/mol. The van der Waals surface area contributed by atoms with E-state index in [0.717, 1.165) is 18.4 Å². The summed E-state index contributed by atoms with van der Waals surface area (Å²) in [7, 11) is 1.55. The normalized spacial score (nSPS) is 21.8. The summed E-state index contributed by atoms with van der Waals surface area (Å²) in [5.41, 5.74) is 1.15. The average molecular weight is 205 g/mol. The van der Waals surface area contributed by atoms with Crippen LogP contribution in [0.2, 0.25) is 0 Å². The average Bonchev–Trinajstić information content (AvgIpc) is 2.30. The van der Waals surface area contributed by atoms with Crippen molar-refractivity contribution in [1.82, 2.24) is 5.06 Å². The van der Waals surface area contributed by atoms with Gasteiger partial charge in [0.05, 0.1) is 13.2 Å². The van der Waals surface area contributed by atoms with Gasteiger partial charge in [0.1, 0.15) is 0 Å². The van der Waals surface area contributed by atoms with E-state index < -0.39 is 0 Å². The van der Waals surface area contributed by atoms with Crippen LogP contribution in [0.1, 0.15) is 30.9 Å². The molecule has 0 bridgehead atoms. The molecule has 2 rings (SSSR count). The lowest BCUT2D eigenvalue weighted by molar-refractivity contribution is -0.196. The van der Waals surface area contributed by atoms with Crippen molar-refractivity contribution in [1.29, 1.82) is 0 Å². The van der Waals surface area contributed by atoms with Crippen molar-refractivity contribution in [2.75, 3.05) is 7.11 Å². The summed E-state index contributed by atoms with van der Waals surface area (Å²) in [6, 6.07) is 10.1. The third-order valence-electron chi connectivity index (χ3n) is 2.78. The Morgan fingerprint density at radius 2 is 2.07 bits per heavy atom. The van der Waals surface area contributed by atoms with Gasteiger partial charge in [0, 0.05) is 6.42 Å². The van der Waals surface area contributed by atoms with Crippen LogP contribution in [0, 0.1) is 0 Å². The van der Waals surface area contributed by atoms with Gasteiger partial charge in [0.15, 0.2) is 0 Å². The number of hydrogen-bond donors (Lipinski definition) is 0. The third kappa shape index (κ3) is 2.02. The van der Waals surface area contributed by atoms with E-state index >= 15 is 0 Å². The Hall–Kier alpha value is -1.35. The maximum atomic E-state index is 11.6. The fraction of sp³-hybridized carbons (Fsp3) is 0.417. The smallest absolute Gasteiger partial charge is 0.246 e. The number of hydroxylamine groups is 2. The molecule has 15 heavy (non-hydrogen) atoms. The number of piperidine rings is 1. The van der Waals surface area contributed by atoms with E-state index in [-0.39, 0.29) is 11.9 Å². The Morgan fingerprint density at radius 1 is 1.33 bits per heavy atom. The van der Waals surface area contributed by atoms with Gasteiger partial charge in [-0.2, -0.15) is 0 Å². The maximum Gasteiger partial charge on any atom is 0.246 e. The molecular formula is C12H15NO2. The molecule has 1 aliphatic rings. The van der Waals surface area contributed by atoms with E-state index in [2.05, 4.69) is 0 Å². The number of rotatable bonds is 2. The van der Waals surface area contributed by atoms with Crippen molar-refractivity contribution in [2.45, 2.75) is 25.3 Å². The summed E-state index contributed by atoms with van der Waals surface area (Å²) in [5, 5.41) is 1.50. The topological polar surface area (TPSA) is 29.5 Å². The Labute approximate surface area is 89.6 Å². The van der Waals surface area contributed by atoms with Gasteiger partial charge in [-0.1, -0.05) is 30.3 Å². The Kier molecular flexibility index (Phi) is 3.02. The number of carbonyl (C=O) groups excluding carboxylic acids is 1. The van der Waals surface area contributed by atoms with Crippen molar-refractivity contribution < 1.29 is 9.63 Å². The van der Waals surface area contributed by atoms with Gasteiger partial charge in [-0.05, 0) is 18.4 Å². The second-order valence-electron chi connectivity index (χ2n) is 3.72. The SMILES string of the molecule is CON1C(=O)CCC[C@H]1c1ccccc1. The summed E-state index contributed by atoms with van der Waals surface area (Å²) >= 11 is 0. The summed E-state index contributed by atoms with van der Waals surface area (Å²) in [4.78, 5) is 16.8. The van der Waals surface area contributed by atoms with Crippen LogP contribution < -0.4 is 0 Å². The van der Waals surface area contributed by atoms with Gasteiger partial charge in [0.25, 0.3) is 0 Å². The highest BCUT2D eigenvalue weighted by Gasteiger charge is 2.29. The summed E-state index contributed by atoms with van der Waals surface area (Å²) < 4.78 is 0. The molecule has 1 atom stereocenters. The van der Waals surface area contributed by atoms with Gasteiger partial charge >= 0.3 is 0 Å². The molecule has 0 saturated carbocycles. The molecule has 0 aliphatic carbocycles. The molecule has 0 aromatic heterocycles. The van der Waals surface area contributed by atoms with Crippen molar-refractivity contribution in [2.24, 2.45) is 0 Å². The monoisotopic (exact) mass is 205 g/mol. The second-order valence-corrected chi connectivity index (χ2v) is 3.72. The van der Waals surface area contributed by atoms with Gasteiger partial charge in [0.2, 0.25) is 5.91 Å². The quantitative estimate of drug-likeness (QED) is 0.741. The summed E-state index contributed by atoms with van der Waals surface area (Å²) in [6.45, 7) is 0. The minimum absolute atomic E-state index is 0.0810. The predicted octanol–water partition coefficient (Wildman–Crippen LogP) is 2.30. The van der Waals surface area contributed by atoms with E-state index in [1.165, 1.54) is 5.06 Å². The van der Waals surface area contributed by atoms with E-state index in [9.17, 15) is 4.79 Å². The highest BCUT2D eigenvalue weighted by molar-refractivity contribution is 5.76. The molecule has 3 nitrogen and oxygen atoms in total. The van der Waals surface area contributed by atoms with Crippen LogP contribution in [0.3, 0.4) is 0 Å². The lowest BCUT2D eigenvalue weighted by Gasteiger charge is -2.33. The lowest BCUT2D eigenvalue weighted by Crippen LogP contribution is -2.37. The number of amides is 1. The zero-order valence-electron chi connectivity index (χ0n) is 8.85. The minimum Gasteiger partial charge on any atom is -0.274 e. The Morgan fingerprint density at radius 3 is 2.73 bits per heavy atom. The number of nitrogens with zero attached hydrogens (tertiary/aromatic N) is 1. The predicted molar refractivity (Wildman–Crippen MR) is 56.9 cm³/mol. The molecule has 3 heteroatoms. The molecule has 1 aromatic carbocycles. The number of carbonyl (C=O) groups is 1. The molecule has 0 spiro atoms. The first kappa shape index (κ1) is 10.2. The highest BCUT2D eigenvalue weighted by atomic mass is 16.7. The first-order valence-corrected chi connectivity index (χ1v) is 5.24. The molecule has 1 aliphatic heterocycles. The van der Waals surface area contributed by atoms with Gasteiger partial charge < -0.3 is 0 Å². The van der Waals surface area contributed by atoms with Gasteiger partial charge in [-0.25, -0.2) is 5.06 Å². The van der Waals surface area contributed by atoms with Crippen LogP contribution in [-0.2, 0) is 9.63 Å². The fourth-order valence-electron chi connectivity index (χ4n) is 2.05. The first-order valence-electron chi connectivity index (χ1n) is 5.24. The third-order valence-corrected chi connectivity index (χ3v) is 2.78. The molecule has 0 N–H and O–H groups in total. The zero-order chi connectivity index (χ0) is 10.7. The standard InChI is InChI=1S/C12H15NO2/c1-15-13-11(8-5-9-12(13)14)10-6-3-2-4-7-10/h2-4,6-7,11H,5,8-9H2,1H3/t11-/m0/s1. The van der Waals surface area contributed by atoms with Crippen LogP contribution in [0.5, 0.6) is 0 Å². The molecule has 1 heterocycles. The van der Waals surface area contributed by atoms with Crippen LogP contribution in [0.15, 0.2) is 30.3 Å². The number of hydrogen-bond acceptors (Lipinski definition) is 2. The van der Waals surface area contributed by atoms with Crippen molar-refractivity contribution in [3.8, 4) is 0 Å². The lowest BCUT2D eigenvalue weighted by atomic mass is 9.97. The van der Waals surface area contributed by atoms with E-state index in [1.807, 2.05) is 30.3 Å². The van der Waals surface area contributed by atoms with Crippen LogP contribution in [0.25, 0.3) is 0 Å². The summed E-state index contributed by atoms with van der Waals surface area (Å²) in [6.07, 6.45) is 2.51. The fourth-order valence-corrected chi connectivity index (χ4v) is 2.05. The minimum atomic E-state index is 0.0810. The molecule has 1 saturated heterocycles. The Bertz CT molecular complexity index is 337. The molecule has 0 radical (unpaired) electrons. The van der Waals surface area contributed by atoms with Crippen LogP contribution >= 0.6 is 0 Å². The van der Waals surface area contributed by atoms with Gasteiger partial charge in [-0.15, -0.1) is 0 Å². The van der Waals surface area contributed by atoms with Gasteiger partial charge in [-0.3, -0.25) is 9.63 Å². The van der Waals surface area contributed by atoms with E-state index in [0.29, 0.717) is 6.42 Å². The highest BCUT2D eigenvalue weighted by Crippen LogP contribution is 2.31. The molecule has 1 amide bonds. The van der Waals surface area contributed by atoms with E-state index in [4.69, 9.17) is 4.84 Å². The van der Waals surface area contributed by atoms with Crippen molar-refractivity contribution in [3.63, 3.8) is 0 Å².